The van der Waals surface area contributed by atoms with Crippen LogP contribution in [0.25, 0.3) is 6.08 Å². The molecule has 0 heterocycles. The number of benzene rings is 1. The first kappa shape index (κ1) is 40.6. The van der Waals surface area contributed by atoms with Gasteiger partial charge in [-0.1, -0.05) is 6.07 Å². The molecule has 0 aliphatic heterocycles. The monoisotopic (exact) mass is 728 g/mol. The standard InChI is InChI=1S/C32H60O9Si5/c1-35-26-21-24(17-19-25(26)37-42(2,3)4)18-20-29(33)36-27-22-32(41-46(14,15)16,31(34)40-45(11,12)13)23-28(38-43(5,6)7)30(27)39-44(8,9)10/h17-21,27-28,30H,22-23H2,1-16H3/b20-18-. The molecule has 2 rings (SSSR count). The predicted octanol–water partition coefficient (Wildman–Crippen LogP) is 8.04. The summed E-state index contributed by atoms with van der Waals surface area (Å²) in [6.07, 6.45) is 1.58. The maximum absolute atomic E-state index is 14.1. The summed E-state index contributed by atoms with van der Waals surface area (Å²) in [5, 5.41) is 0. The molecule has 0 bridgehead atoms. The summed E-state index contributed by atoms with van der Waals surface area (Å²) >= 11 is 0. The lowest BCUT2D eigenvalue weighted by Crippen LogP contribution is -2.65. The first-order valence-electron chi connectivity index (χ1n) is 16.2. The fourth-order valence-corrected chi connectivity index (χ4v) is 10.5. The van der Waals surface area contributed by atoms with Gasteiger partial charge in [0.25, 0.3) is 0 Å². The topological polar surface area (TPSA) is 98.8 Å². The van der Waals surface area contributed by atoms with E-state index in [0.717, 1.165) is 5.56 Å². The lowest BCUT2D eigenvalue weighted by molar-refractivity contribution is -0.187. The van der Waals surface area contributed by atoms with Crippen LogP contribution < -0.4 is 9.16 Å². The lowest BCUT2D eigenvalue weighted by atomic mass is 9.79. The summed E-state index contributed by atoms with van der Waals surface area (Å²) in [5.74, 6) is 0.306. The molecule has 1 aromatic carbocycles. The molecule has 0 radical (unpaired) electrons. The highest BCUT2D eigenvalue weighted by molar-refractivity contribution is 6.72. The molecule has 1 aliphatic rings. The smallest absolute Gasteiger partial charge is 0.331 e. The van der Waals surface area contributed by atoms with Crippen LogP contribution in [0.5, 0.6) is 11.5 Å². The Balaban J connectivity index is 2.55. The Hall–Kier alpha value is -1.54. The zero-order chi connectivity index (χ0) is 35.5. The minimum Gasteiger partial charge on any atom is -0.542 e. The molecule has 14 heteroatoms. The predicted molar refractivity (Wildman–Crippen MR) is 198 cm³/mol. The van der Waals surface area contributed by atoms with Gasteiger partial charge in [0.05, 0.1) is 13.2 Å². The Morgan fingerprint density at radius 2 is 1.28 bits per heavy atom. The van der Waals surface area contributed by atoms with Crippen molar-refractivity contribution in [3.05, 3.63) is 29.8 Å². The maximum Gasteiger partial charge on any atom is 0.331 e. The third-order valence-electron chi connectivity index (χ3n) is 6.34. The van der Waals surface area contributed by atoms with E-state index in [1.54, 1.807) is 13.2 Å². The molecule has 46 heavy (non-hydrogen) atoms. The van der Waals surface area contributed by atoms with Gasteiger partial charge in [-0.05, 0) is 122 Å². The van der Waals surface area contributed by atoms with Crippen LogP contribution in [0.2, 0.25) is 98.2 Å². The van der Waals surface area contributed by atoms with Crippen molar-refractivity contribution in [2.45, 2.75) is 135 Å². The molecule has 1 aliphatic carbocycles. The van der Waals surface area contributed by atoms with Gasteiger partial charge in [0, 0.05) is 18.9 Å². The van der Waals surface area contributed by atoms with Gasteiger partial charge >= 0.3 is 11.9 Å². The number of hydrogen-bond acceptors (Lipinski definition) is 9. The van der Waals surface area contributed by atoms with Crippen LogP contribution in [0.3, 0.4) is 0 Å². The fourth-order valence-electron chi connectivity index (χ4n) is 5.24. The molecule has 1 aromatic rings. The molecule has 262 valence electrons. The molecule has 0 N–H and O–H groups in total. The molecule has 4 atom stereocenters. The van der Waals surface area contributed by atoms with E-state index in [1.807, 2.05) is 57.5 Å². The Morgan fingerprint density at radius 3 is 1.76 bits per heavy atom. The molecule has 4 unspecified atom stereocenters. The first-order chi connectivity index (χ1) is 20.6. The zero-order valence-corrected chi connectivity index (χ0v) is 36.2. The summed E-state index contributed by atoms with van der Waals surface area (Å²) in [6.45, 7) is 31.0. The number of esters is 1. The van der Waals surface area contributed by atoms with Crippen molar-refractivity contribution >= 4 is 59.6 Å². The molecule has 9 nitrogen and oxygen atoms in total. The van der Waals surface area contributed by atoms with Gasteiger partial charge in [-0.15, -0.1) is 0 Å². The van der Waals surface area contributed by atoms with Crippen molar-refractivity contribution in [3.8, 4) is 11.5 Å². The highest BCUT2D eigenvalue weighted by Gasteiger charge is 2.57. The molecule has 0 aromatic heterocycles. The Kier molecular flexibility index (Phi) is 13.2. The number of ether oxygens (including phenoxy) is 2. The van der Waals surface area contributed by atoms with Crippen LogP contribution in [0.1, 0.15) is 18.4 Å². The average molecular weight is 729 g/mol. The molecular weight excluding hydrogens is 669 g/mol. The summed E-state index contributed by atoms with van der Waals surface area (Å²) < 4.78 is 44.2. The van der Waals surface area contributed by atoms with Crippen LogP contribution in [0.4, 0.5) is 0 Å². The average Bonchev–Trinajstić information content (AvgIpc) is 2.81. The van der Waals surface area contributed by atoms with Crippen LogP contribution >= 0.6 is 0 Å². The van der Waals surface area contributed by atoms with Gasteiger partial charge < -0.3 is 31.6 Å². The van der Waals surface area contributed by atoms with Gasteiger partial charge in [0.1, 0.15) is 18.0 Å². The minimum atomic E-state index is -2.31. The third-order valence-corrected chi connectivity index (χ3v) is 11.0. The number of carbonyl (C=O) groups is 2. The van der Waals surface area contributed by atoms with Crippen molar-refractivity contribution in [3.63, 3.8) is 0 Å². The Bertz CT molecular complexity index is 1240. The molecule has 1 saturated carbocycles. The van der Waals surface area contributed by atoms with Crippen LogP contribution in [-0.2, 0) is 32.0 Å². The quantitative estimate of drug-likeness (QED) is 0.107. The van der Waals surface area contributed by atoms with Gasteiger partial charge in [-0.25, -0.2) is 4.79 Å². The number of hydrogen-bond donors (Lipinski definition) is 0. The van der Waals surface area contributed by atoms with E-state index in [0.29, 0.717) is 11.5 Å². The van der Waals surface area contributed by atoms with Crippen LogP contribution in [0.15, 0.2) is 24.3 Å². The van der Waals surface area contributed by atoms with Gasteiger partial charge in [-0.3, -0.25) is 4.79 Å². The van der Waals surface area contributed by atoms with Crippen molar-refractivity contribution in [1.82, 2.24) is 0 Å². The van der Waals surface area contributed by atoms with Gasteiger partial charge in [-0.2, -0.15) is 0 Å². The van der Waals surface area contributed by atoms with Gasteiger partial charge in [0.2, 0.25) is 16.6 Å². The van der Waals surface area contributed by atoms with Gasteiger partial charge in [0.15, 0.2) is 36.3 Å². The summed E-state index contributed by atoms with van der Waals surface area (Å²) in [5.41, 5.74) is -0.576. The van der Waals surface area contributed by atoms with Crippen molar-refractivity contribution in [2.75, 3.05) is 7.11 Å². The zero-order valence-electron chi connectivity index (χ0n) is 31.2. The lowest BCUT2D eigenvalue weighted by Gasteiger charge is -2.50. The van der Waals surface area contributed by atoms with E-state index in [2.05, 4.69) is 58.9 Å². The van der Waals surface area contributed by atoms with E-state index >= 15 is 0 Å². The van der Waals surface area contributed by atoms with E-state index in [1.165, 1.54) is 6.08 Å². The highest BCUT2D eigenvalue weighted by atomic mass is 28.4. The molecule has 0 saturated heterocycles. The summed E-state index contributed by atoms with van der Waals surface area (Å²) in [4.78, 5) is 27.6. The fraction of sp³-hybridized carbons (Fsp3) is 0.688. The second-order valence-corrected chi connectivity index (χ2v) is 39.2. The molecular formula is C32H60O9Si5. The van der Waals surface area contributed by atoms with Crippen LogP contribution in [-0.4, -0.2) is 84.5 Å². The minimum absolute atomic E-state index is 0.122. The van der Waals surface area contributed by atoms with Crippen molar-refractivity contribution < 1.29 is 41.2 Å². The second kappa shape index (κ2) is 14.9. The van der Waals surface area contributed by atoms with Crippen molar-refractivity contribution in [1.29, 1.82) is 0 Å². The molecule has 0 spiro atoms. The molecule has 0 amide bonds. The maximum atomic E-state index is 14.1. The Labute approximate surface area is 283 Å². The number of methoxy groups -OCH3 is 1. The Morgan fingerprint density at radius 1 is 0.717 bits per heavy atom. The van der Waals surface area contributed by atoms with E-state index in [4.69, 9.17) is 31.6 Å². The molecule has 1 fully saturated rings. The van der Waals surface area contributed by atoms with Crippen molar-refractivity contribution in [2.24, 2.45) is 0 Å². The normalized spacial score (nSPS) is 23.3. The summed E-state index contributed by atoms with van der Waals surface area (Å²) in [6, 6.07) is 5.55. The van der Waals surface area contributed by atoms with E-state index < -0.39 is 77.4 Å². The summed E-state index contributed by atoms with van der Waals surface area (Å²) in [7, 11) is -9.15. The van der Waals surface area contributed by atoms with Crippen LogP contribution in [0, 0.1) is 0 Å². The number of rotatable bonds is 14. The van der Waals surface area contributed by atoms with E-state index in [9.17, 15) is 9.59 Å². The van der Waals surface area contributed by atoms with E-state index in [-0.39, 0.29) is 12.8 Å². The number of carbonyl (C=O) groups excluding carboxylic acids is 2. The third kappa shape index (κ3) is 13.9. The SMILES string of the molecule is COc1cc(/C=C\C(=O)OC2CC(O[Si](C)(C)C)(C(=O)O[Si](C)(C)C)CC(O[Si](C)(C)C)C2O[Si](C)(C)C)ccc1O[Si](C)(C)C. The second-order valence-electron chi connectivity index (χ2n) is 17.0. The largest absolute Gasteiger partial charge is 0.542 e. The highest BCUT2D eigenvalue weighted by Crippen LogP contribution is 2.42. The first-order valence-corrected chi connectivity index (χ1v) is 33.2.